The number of rotatable bonds is 4. The van der Waals surface area contributed by atoms with Gasteiger partial charge in [-0.2, -0.15) is 0 Å². The molecule has 0 spiro atoms. The summed E-state index contributed by atoms with van der Waals surface area (Å²) in [5.41, 5.74) is 3.30. The van der Waals surface area contributed by atoms with Crippen LogP contribution >= 0.6 is 15.9 Å². The fourth-order valence-corrected chi connectivity index (χ4v) is 3.45. The van der Waals surface area contributed by atoms with Crippen LogP contribution in [0.4, 0.5) is 5.69 Å². The van der Waals surface area contributed by atoms with E-state index in [4.69, 9.17) is 4.74 Å². The van der Waals surface area contributed by atoms with E-state index in [9.17, 15) is 0 Å². The fourth-order valence-electron chi connectivity index (χ4n) is 3.19. The Balaban J connectivity index is 1.57. The van der Waals surface area contributed by atoms with E-state index in [1.807, 2.05) is 18.5 Å². The van der Waals surface area contributed by atoms with Crippen LogP contribution in [0.15, 0.2) is 53.3 Å². The Morgan fingerprint density at radius 1 is 1.26 bits per heavy atom. The van der Waals surface area contributed by atoms with Crippen molar-refractivity contribution in [2.75, 3.05) is 25.1 Å². The van der Waals surface area contributed by atoms with E-state index in [1.165, 1.54) is 5.56 Å². The first-order valence-electron chi connectivity index (χ1n) is 7.76. The van der Waals surface area contributed by atoms with Gasteiger partial charge in [0.25, 0.3) is 0 Å². The number of aromatic amines is 1. The second-order valence-corrected chi connectivity index (χ2v) is 7.00. The van der Waals surface area contributed by atoms with Crippen molar-refractivity contribution < 1.29 is 4.74 Å². The quantitative estimate of drug-likeness (QED) is 0.725. The number of anilines is 1. The number of ether oxygens (including phenoxy) is 1. The van der Waals surface area contributed by atoms with Gasteiger partial charge in [0.15, 0.2) is 0 Å². The number of pyridine rings is 1. The van der Waals surface area contributed by atoms with Gasteiger partial charge in [0, 0.05) is 34.6 Å². The summed E-state index contributed by atoms with van der Waals surface area (Å²) in [6, 6.07) is 12.7. The van der Waals surface area contributed by atoms with Crippen LogP contribution in [-0.2, 0) is 10.2 Å². The molecule has 118 valence electrons. The van der Waals surface area contributed by atoms with Gasteiger partial charge in [-0.25, -0.2) is 4.98 Å². The molecule has 3 aromatic rings. The number of fused-ring (bicyclic) bond motifs is 1. The monoisotopic (exact) mass is 371 g/mol. The molecular formula is C18H18BrN3O. The molecule has 1 aromatic carbocycles. The highest BCUT2D eigenvalue weighted by Crippen LogP contribution is 2.34. The summed E-state index contributed by atoms with van der Waals surface area (Å²) in [5.74, 6) is 0. The van der Waals surface area contributed by atoms with Crippen molar-refractivity contribution >= 4 is 32.7 Å². The normalized spacial score (nSPS) is 20.9. The lowest BCUT2D eigenvalue weighted by Gasteiger charge is -2.29. The summed E-state index contributed by atoms with van der Waals surface area (Å²) in [4.78, 5) is 7.56. The third-order valence-corrected chi connectivity index (χ3v) is 5.12. The maximum absolute atomic E-state index is 5.72. The average Bonchev–Trinajstić information content (AvgIpc) is 3.23. The number of hydrogen-bond acceptors (Lipinski definition) is 3. The molecule has 1 saturated heterocycles. The second kappa shape index (κ2) is 5.98. The maximum Gasteiger partial charge on any atom is 0.137 e. The molecule has 4 nitrogen and oxygen atoms in total. The second-order valence-electron chi connectivity index (χ2n) is 6.08. The van der Waals surface area contributed by atoms with Gasteiger partial charge in [-0.15, -0.1) is 0 Å². The number of benzene rings is 1. The lowest BCUT2D eigenvalue weighted by Crippen LogP contribution is -2.35. The van der Waals surface area contributed by atoms with Gasteiger partial charge in [-0.1, -0.05) is 28.1 Å². The van der Waals surface area contributed by atoms with Crippen LogP contribution in [0.3, 0.4) is 0 Å². The molecule has 1 aliphatic heterocycles. The molecule has 0 radical (unpaired) electrons. The Kier molecular flexibility index (Phi) is 3.83. The molecule has 0 aliphatic carbocycles. The fraction of sp³-hybridized carbons (Fsp3) is 0.278. The molecule has 1 aliphatic rings. The number of halogens is 1. The van der Waals surface area contributed by atoms with Crippen LogP contribution in [0, 0.1) is 0 Å². The SMILES string of the molecule is Brc1ccc(C2(CNc3cnc4[nH]ccc4c3)CCOC2)cc1. The Bertz CT molecular complexity index is 807. The molecule has 4 rings (SSSR count). The Morgan fingerprint density at radius 3 is 2.91 bits per heavy atom. The van der Waals surface area contributed by atoms with Crippen LogP contribution in [0.1, 0.15) is 12.0 Å². The third-order valence-electron chi connectivity index (χ3n) is 4.59. The van der Waals surface area contributed by atoms with E-state index in [2.05, 4.69) is 61.5 Å². The summed E-state index contributed by atoms with van der Waals surface area (Å²) >= 11 is 3.51. The van der Waals surface area contributed by atoms with E-state index in [0.717, 1.165) is 47.4 Å². The van der Waals surface area contributed by atoms with Crippen LogP contribution in [0.25, 0.3) is 11.0 Å². The van der Waals surface area contributed by atoms with Gasteiger partial charge in [-0.05, 0) is 36.2 Å². The maximum atomic E-state index is 5.72. The largest absolute Gasteiger partial charge is 0.383 e. The summed E-state index contributed by atoms with van der Waals surface area (Å²) in [5, 5.41) is 4.68. The van der Waals surface area contributed by atoms with Gasteiger partial charge >= 0.3 is 0 Å². The first-order valence-corrected chi connectivity index (χ1v) is 8.55. The highest BCUT2D eigenvalue weighted by atomic mass is 79.9. The highest BCUT2D eigenvalue weighted by Gasteiger charge is 2.36. The molecule has 0 amide bonds. The number of H-pyrrole nitrogens is 1. The lowest BCUT2D eigenvalue weighted by molar-refractivity contribution is 0.179. The van der Waals surface area contributed by atoms with E-state index >= 15 is 0 Å². The lowest BCUT2D eigenvalue weighted by atomic mass is 9.79. The summed E-state index contributed by atoms with van der Waals surface area (Å²) < 4.78 is 6.82. The topological polar surface area (TPSA) is 49.9 Å². The Morgan fingerprint density at radius 2 is 2.13 bits per heavy atom. The zero-order valence-electron chi connectivity index (χ0n) is 12.7. The molecule has 5 heteroatoms. The van der Waals surface area contributed by atoms with Crippen LogP contribution < -0.4 is 5.32 Å². The summed E-state index contributed by atoms with van der Waals surface area (Å²) in [7, 11) is 0. The molecule has 3 heterocycles. The molecular weight excluding hydrogens is 354 g/mol. The minimum absolute atomic E-state index is 0.0216. The number of aromatic nitrogens is 2. The van der Waals surface area contributed by atoms with Gasteiger partial charge in [0.05, 0.1) is 18.5 Å². The van der Waals surface area contributed by atoms with E-state index in [-0.39, 0.29) is 5.41 Å². The predicted molar refractivity (Wildman–Crippen MR) is 95.8 cm³/mol. The number of nitrogens with one attached hydrogen (secondary N) is 2. The number of hydrogen-bond donors (Lipinski definition) is 2. The minimum Gasteiger partial charge on any atom is -0.383 e. The van der Waals surface area contributed by atoms with E-state index in [0.29, 0.717) is 0 Å². The average molecular weight is 372 g/mol. The summed E-state index contributed by atoms with van der Waals surface area (Å²) in [6.45, 7) is 2.40. The van der Waals surface area contributed by atoms with Gasteiger partial charge in [0.2, 0.25) is 0 Å². The van der Waals surface area contributed by atoms with Crippen molar-refractivity contribution in [3.8, 4) is 0 Å². The molecule has 1 fully saturated rings. The summed E-state index contributed by atoms with van der Waals surface area (Å²) in [6.07, 6.45) is 4.82. The first kappa shape index (κ1) is 14.7. The molecule has 0 saturated carbocycles. The van der Waals surface area contributed by atoms with Crippen LogP contribution in [0.2, 0.25) is 0 Å². The first-order chi connectivity index (χ1) is 11.3. The zero-order chi connectivity index (χ0) is 15.7. The number of nitrogens with zero attached hydrogens (tertiary/aromatic N) is 1. The molecule has 1 unspecified atom stereocenters. The molecule has 23 heavy (non-hydrogen) atoms. The third kappa shape index (κ3) is 2.86. The van der Waals surface area contributed by atoms with Crippen molar-refractivity contribution in [2.24, 2.45) is 0 Å². The van der Waals surface area contributed by atoms with Gasteiger partial charge < -0.3 is 15.0 Å². The predicted octanol–water partition coefficient (Wildman–Crippen LogP) is 4.10. The van der Waals surface area contributed by atoms with Crippen molar-refractivity contribution in [3.05, 3.63) is 58.8 Å². The minimum atomic E-state index is 0.0216. The highest BCUT2D eigenvalue weighted by molar-refractivity contribution is 9.10. The van der Waals surface area contributed by atoms with E-state index in [1.54, 1.807) is 0 Å². The Labute approximate surface area is 143 Å². The van der Waals surface area contributed by atoms with Gasteiger partial charge in [-0.3, -0.25) is 0 Å². The van der Waals surface area contributed by atoms with Crippen LogP contribution in [0.5, 0.6) is 0 Å². The zero-order valence-corrected chi connectivity index (χ0v) is 14.3. The van der Waals surface area contributed by atoms with Crippen molar-refractivity contribution in [3.63, 3.8) is 0 Å². The van der Waals surface area contributed by atoms with E-state index < -0.39 is 0 Å². The van der Waals surface area contributed by atoms with Crippen molar-refractivity contribution in [1.29, 1.82) is 0 Å². The Hall–Kier alpha value is -1.85. The smallest absolute Gasteiger partial charge is 0.137 e. The van der Waals surface area contributed by atoms with Crippen molar-refractivity contribution in [1.82, 2.24) is 9.97 Å². The molecule has 0 bridgehead atoms. The molecule has 1 atom stereocenters. The van der Waals surface area contributed by atoms with Crippen LogP contribution in [-0.4, -0.2) is 29.7 Å². The molecule has 2 N–H and O–H groups in total. The standard InChI is InChI=1S/C18H18BrN3O/c19-15-3-1-14(2-4-15)18(6-8-23-12-18)11-22-16-9-13-5-7-20-17(13)21-10-16/h1-5,7,9-10,22H,6,8,11-12H2,(H,20,21). The van der Waals surface area contributed by atoms with Crippen molar-refractivity contribution in [2.45, 2.75) is 11.8 Å². The molecule has 2 aromatic heterocycles. The van der Waals surface area contributed by atoms with Gasteiger partial charge in [0.1, 0.15) is 5.65 Å².